The van der Waals surface area contributed by atoms with Gasteiger partial charge in [0, 0.05) is 11.0 Å². The average molecular weight is 207 g/mol. The molecule has 0 aliphatic heterocycles. The minimum atomic E-state index is -0.269. The Hall–Kier alpha value is -0.890. The van der Waals surface area contributed by atoms with E-state index in [1.807, 2.05) is 26.0 Å². The second kappa shape index (κ2) is 3.05. The Morgan fingerprint density at radius 3 is 2.33 bits per heavy atom. The zero-order valence-electron chi connectivity index (χ0n) is 9.60. The van der Waals surface area contributed by atoms with Gasteiger partial charge in [0.25, 0.3) is 0 Å². The van der Waals surface area contributed by atoms with Gasteiger partial charge in [0.05, 0.1) is 0 Å². The van der Waals surface area contributed by atoms with Gasteiger partial charge in [-0.1, -0.05) is 12.1 Å². The first kappa shape index (κ1) is 10.6. The maximum Gasteiger partial charge on any atom is 0.126 e. The van der Waals surface area contributed by atoms with E-state index < -0.39 is 0 Å². The molecule has 2 heteroatoms. The molecule has 82 valence electrons. The zero-order valence-corrected chi connectivity index (χ0v) is 9.60. The Bertz CT molecular complexity index is 386. The standard InChI is InChI=1S/C13H18FN/c1-9-4-5-10(8-11(9)14)13(6-7-13)12(2,3)15/h4-5,8H,6-7,15H2,1-3H3. The topological polar surface area (TPSA) is 26.0 Å². The summed E-state index contributed by atoms with van der Waals surface area (Å²) in [6.45, 7) is 5.84. The minimum Gasteiger partial charge on any atom is -0.325 e. The summed E-state index contributed by atoms with van der Waals surface area (Å²) in [6.07, 6.45) is 2.14. The maximum atomic E-state index is 13.5. The van der Waals surface area contributed by atoms with Gasteiger partial charge in [0.2, 0.25) is 0 Å². The molecule has 1 saturated carbocycles. The van der Waals surface area contributed by atoms with E-state index >= 15 is 0 Å². The van der Waals surface area contributed by atoms with Gasteiger partial charge in [0.15, 0.2) is 0 Å². The third-order valence-electron chi connectivity index (χ3n) is 3.71. The highest BCUT2D eigenvalue weighted by atomic mass is 19.1. The molecule has 0 radical (unpaired) electrons. The summed E-state index contributed by atoms with van der Waals surface area (Å²) < 4.78 is 13.5. The SMILES string of the molecule is Cc1ccc(C2(C(C)(C)N)CC2)cc1F. The lowest BCUT2D eigenvalue weighted by Gasteiger charge is -2.31. The number of nitrogens with two attached hydrogens (primary N) is 1. The van der Waals surface area contributed by atoms with Crippen LogP contribution >= 0.6 is 0 Å². The summed E-state index contributed by atoms with van der Waals surface area (Å²) in [5.41, 5.74) is 7.66. The second-order valence-corrected chi connectivity index (χ2v) is 5.27. The van der Waals surface area contributed by atoms with Gasteiger partial charge in [-0.05, 0) is 50.8 Å². The molecule has 0 spiro atoms. The molecule has 0 aromatic heterocycles. The Morgan fingerprint density at radius 1 is 1.33 bits per heavy atom. The lowest BCUT2D eigenvalue weighted by Crippen LogP contribution is -2.45. The van der Waals surface area contributed by atoms with Crippen LogP contribution in [0.1, 0.15) is 37.8 Å². The van der Waals surface area contributed by atoms with Gasteiger partial charge in [0.1, 0.15) is 5.82 Å². The van der Waals surface area contributed by atoms with E-state index in [1.54, 1.807) is 13.0 Å². The van der Waals surface area contributed by atoms with Crippen LogP contribution in [0.2, 0.25) is 0 Å². The second-order valence-electron chi connectivity index (χ2n) is 5.27. The summed E-state index contributed by atoms with van der Waals surface area (Å²) in [7, 11) is 0. The molecule has 1 aliphatic carbocycles. The lowest BCUT2D eigenvalue weighted by molar-refractivity contribution is 0.390. The molecule has 0 amide bonds. The largest absolute Gasteiger partial charge is 0.325 e. The fourth-order valence-corrected chi connectivity index (χ4v) is 2.32. The van der Waals surface area contributed by atoms with Crippen molar-refractivity contribution in [2.45, 2.75) is 44.6 Å². The number of hydrogen-bond donors (Lipinski definition) is 1. The predicted octanol–water partition coefficient (Wildman–Crippen LogP) is 2.90. The molecule has 2 rings (SSSR count). The van der Waals surface area contributed by atoms with Crippen LogP contribution in [0.15, 0.2) is 18.2 Å². The highest BCUT2D eigenvalue weighted by Crippen LogP contribution is 2.54. The first-order chi connectivity index (χ1) is 6.87. The number of rotatable bonds is 2. The summed E-state index contributed by atoms with van der Waals surface area (Å²) in [5.74, 6) is -0.122. The fraction of sp³-hybridized carbons (Fsp3) is 0.538. The van der Waals surface area contributed by atoms with Gasteiger partial charge in [-0.15, -0.1) is 0 Å². The first-order valence-corrected chi connectivity index (χ1v) is 5.42. The van der Waals surface area contributed by atoms with E-state index in [2.05, 4.69) is 0 Å². The van der Waals surface area contributed by atoms with Gasteiger partial charge < -0.3 is 5.73 Å². The monoisotopic (exact) mass is 207 g/mol. The van der Waals surface area contributed by atoms with Crippen LogP contribution < -0.4 is 5.73 Å². The number of hydrogen-bond acceptors (Lipinski definition) is 1. The van der Waals surface area contributed by atoms with Crippen molar-refractivity contribution < 1.29 is 4.39 Å². The molecule has 0 atom stereocenters. The molecule has 1 aliphatic rings. The number of halogens is 1. The van der Waals surface area contributed by atoms with Crippen molar-refractivity contribution in [2.24, 2.45) is 5.73 Å². The average Bonchev–Trinajstić information content (AvgIpc) is 2.88. The quantitative estimate of drug-likeness (QED) is 0.792. The Labute approximate surface area is 90.5 Å². The van der Waals surface area contributed by atoms with Gasteiger partial charge in [-0.2, -0.15) is 0 Å². The van der Waals surface area contributed by atoms with Gasteiger partial charge in [-0.3, -0.25) is 0 Å². The van der Waals surface area contributed by atoms with Crippen molar-refractivity contribution >= 4 is 0 Å². The van der Waals surface area contributed by atoms with Crippen LogP contribution in [-0.2, 0) is 5.41 Å². The van der Waals surface area contributed by atoms with Gasteiger partial charge >= 0.3 is 0 Å². The zero-order chi connectivity index (χ0) is 11.3. The summed E-state index contributed by atoms with van der Waals surface area (Å²) in [4.78, 5) is 0. The third kappa shape index (κ3) is 1.57. The van der Waals surface area contributed by atoms with Crippen molar-refractivity contribution in [1.82, 2.24) is 0 Å². The van der Waals surface area contributed by atoms with Crippen molar-refractivity contribution in [1.29, 1.82) is 0 Å². The molecule has 15 heavy (non-hydrogen) atoms. The van der Waals surface area contributed by atoms with Crippen molar-refractivity contribution in [3.05, 3.63) is 35.1 Å². The Kier molecular flexibility index (Phi) is 2.16. The Balaban J connectivity index is 2.43. The minimum absolute atomic E-state index is 0.00153. The molecule has 1 aromatic carbocycles. The summed E-state index contributed by atoms with van der Waals surface area (Å²) in [5, 5.41) is 0. The highest BCUT2D eigenvalue weighted by molar-refractivity contribution is 5.38. The third-order valence-corrected chi connectivity index (χ3v) is 3.71. The molecular formula is C13H18FN. The molecule has 0 unspecified atom stereocenters. The predicted molar refractivity (Wildman–Crippen MR) is 60.3 cm³/mol. The molecule has 2 N–H and O–H groups in total. The van der Waals surface area contributed by atoms with Crippen LogP contribution in [0.25, 0.3) is 0 Å². The fourth-order valence-electron chi connectivity index (χ4n) is 2.32. The maximum absolute atomic E-state index is 13.5. The summed E-state index contributed by atoms with van der Waals surface area (Å²) >= 11 is 0. The molecule has 1 fully saturated rings. The van der Waals surface area contributed by atoms with Gasteiger partial charge in [-0.25, -0.2) is 4.39 Å². The first-order valence-electron chi connectivity index (χ1n) is 5.42. The number of aryl methyl sites for hydroxylation is 1. The van der Waals surface area contributed by atoms with E-state index in [0.29, 0.717) is 5.56 Å². The van der Waals surface area contributed by atoms with E-state index in [1.165, 1.54) is 0 Å². The number of benzene rings is 1. The highest BCUT2D eigenvalue weighted by Gasteiger charge is 2.53. The molecule has 1 aromatic rings. The van der Waals surface area contributed by atoms with Crippen LogP contribution in [0, 0.1) is 12.7 Å². The Morgan fingerprint density at radius 2 is 1.93 bits per heavy atom. The molecule has 1 nitrogen and oxygen atoms in total. The van der Waals surface area contributed by atoms with Crippen molar-refractivity contribution in [3.8, 4) is 0 Å². The van der Waals surface area contributed by atoms with Crippen LogP contribution in [0.4, 0.5) is 4.39 Å². The van der Waals surface area contributed by atoms with Crippen molar-refractivity contribution in [3.63, 3.8) is 0 Å². The molecular weight excluding hydrogens is 189 g/mol. The van der Waals surface area contributed by atoms with Crippen molar-refractivity contribution in [2.75, 3.05) is 0 Å². The summed E-state index contributed by atoms with van der Waals surface area (Å²) in [6, 6.07) is 5.51. The van der Waals surface area contributed by atoms with Crippen LogP contribution in [0.5, 0.6) is 0 Å². The smallest absolute Gasteiger partial charge is 0.126 e. The van der Waals surface area contributed by atoms with E-state index in [-0.39, 0.29) is 16.8 Å². The lowest BCUT2D eigenvalue weighted by atomic mass is 9.79. The van der Waals surface area contributed by atoms with E-state index in [4.69, 9.17) is 5.73 Å². The molecule has 0 heterocycles. The van der Waals surface area contributed by atoms with E-state index in [0.717, 1.165) is 18.4 Å². The van der Waals surface area contributed by atoms with Crippen LogP contribution in [-0.4, -0.2) is 5.54 Å². The van der Waals surface area contributed by atoms with Crippen LogP contribution in [0.3, 0.4) is 0 Å². The van der Waals surface area contributed by atoms with E-state index in [9.17, 15) is 4.39 Å². The normalized spacial score (nSPS) is 19.0. The molecule has 0 bridgehead atoms. The molecule has 0 saturated heterocycles.